The number of para-hydroxylation sites is 4. The third-order valence-corrected chi connectivity index (χ3v) is 3.81. The molecule has 0 saturated heterocycles. The summed E-state index contributed by atoms with van der Waals surface area (Å²) in [6, 6.07) is 15.9. The zero-order valence-corrected chi connectivity index (χ0v) is 15.0. The van der Waals surface area contributed by atoms with E-state index in [-0.39, 0.29) is 18.0 Å². The molecule has 142 valence electrons. The molecule has 0 aliphatic carbocycles. The fourth-order valence-electron chi connectivity index (χ4n) is 2.46. The molecule has 1 aromatic heterocycles. The Morgan fingerprint density at radius 2 is 1.86 bits per heavy atom. The van der Waals surface area contributed by atoms with Crippen LogP contribution in [0.3, 0.4) is 0 Å². The Kier molecular flexibility index (Phi) is 5.77. The lowest BCUT2D eigenvalue weighted by atomic mass is 10.2. The molecular weight excluding hydrogens is 362 g/mol. The number of aliphatic hydroxyl groups excluding tert-OH is 1. The first-order valence-corrected chi connectivity index (χ1v) is 8.31. The van der Waals surface area contributed by atoms with E-state index >= 15 is 0 Å². The standard InChI is InChI=1S/C20H17N3O5/c1-26-17-8-4-5-9-18(17)27-12-19(25)28-11-16(24)13(10-21)20-22-14-6-2-3-7-15(14)23-20/h2-9,24H,11-12H2,1H3,(H,22,23)/b16-13-. The van der Waals surface area contributed by atoms with E-state index in [2.05, 4.69) is 9.97 Å². The van der Waals surface area contributed by atoms with Crippen molar-refractivity contribution in [2.75, 3.05) is 20.3 Å². The van der Waals surface area contributed by atoms with E-state index in [1.165, 1.54) is 7.11 Å². The van der Waals surface area contributed by atoms with Crippen LogP contribution in [0.2, 0.25) is 0 Å². The minimum absolute atomic E-state index is 0.102. The van der Waals surface area contributed by atoms with Gasteiger partial charge in [0.05, 0.1) is 18.1 Å². The van der Waals surface area contributed by atoms with Gasteiger partial charge < -0.3 is 24.3 Å². The van der Waals surface area contributed by atoms with E-state index in [1.807, 2.05) is 18.2 Å². The van der Waals surface area contributed by atoms with Crippen LogP contribution in [-0.2, 0) is 9.53 Å². The average molecular weight is 379 g/mol. The van der Waals surface area contributed by atoms with Crippen molar-refractivity contribution < 1.29 is 24.1 Å². The Morgan fingerprint density at radius 1 is 1.14 bits per heavy atom. The highest BCUT2D eigenvalue weighted by atomic mass is 16.6. The summed E-state index contributed by atoms with van der Waals surface area (Å²) in [7, 11) is 1.49. The number of aliphatic hydroxyl groups is 1. The number of benzene rings is 2. The fourth-order valence-corrected chi connectivity index (χ4v) is 2.46. The van der Waals surface area contributed by atoms with Crippen molar-refractivity contribution in [2.24, 2.45) is 0 Å². The van der Waals surface area contributed by atoms with Crippen molar-refractivity contribution in [1.82, 2.24) is 9.97 Å². The molecule has 2 aromatic carbocycles. The molecule has 0 aliphatic heterocycles. The Morgan fingerprint density at radius 3 is 2.57 bits per heavy atom. The molecule has 8 nitrogen and oxygen atoms in total. The van der Waals surface area contributed by atoms with Crippen molar-refractivity contribution >= 4 is 22.6 Å². The van der Waals surface area contributed by atoms with E-state index in [9.17, 15) is 15.2 Å². The maximum Gasteiger partial charge on any atom is 0.344 e. The van der Waals surface area contributed by atoms with Crippen LogP contribution in [0.4, 0.5) is 0 Å². The van der Waals surface area contributed by atoms with Crippen molar-refractivity contribution in [3.63, 3.8) is 0 Å². The minimum atomic E-state index is -0.709. The molecule has 0 radical (unpaired) electrons. The number of hydrogen-bond acceptors (Lipinski definition) is 7. The number of nitrogens with zero attached hydrogens (tertiary/aromatic N) is 2. The lowest BCUT2D eigenvalue weighted by molar-refractivity contribution is -0.145. The van der Waals surface area contributed by atoms with Gasteiger partial charge in [-0.3, -0.25) is 0 Å². The monoisotopic (exact) mass is 379 g/mol. The highest BCUT2D eigenvalue weighted by molar-refractivity contribution is 5.83. The predicted octanol–water partition coefficient (Wildman–Crippen LogP) is 2.99. The van der Waals surface area contributed by atoms with Gasteiger partial charge in [0.2, 0.25) is 0 Å². The number of nitrogens with one attached hydrogen (secondary N) is 1. The molecule has 0 atom stereocenters. The summed E-state index contributed by atoms with van der Waals surface area (Å²) in [6.07, 6.45) is 0. The van der Waals surface area contributed by atoms with Crippen LogP contribution in [0.25, 0.3) is 16.6 Å². The number of aromatic nitrogens is 2. The number of H-pyrrole nitrogens is 1. The summed E-state index contributed by atoms with van der Waals surface area (Å²) in [6.45, 7) is -0.853. The number of nitriles is 1. The quantitative estimate of drug-likeness (QED) is 0.368. The van der Waals surface area contributed by atoms with Crippen molar-refractivity contribution in [2.45, 2.75) is 0 Å². The number of imidazole rings is 1. The molecule has 3 rings (SSSR count). The van der Waals surface area contributed by atoms with Gasteiger partial charge in [-0.1, -0.05) is 24.3 Å². The van der Waals surface area contributed by atoms with Gasteiger partial charge in [-0.05, 0) is 24.3 Å². The summed E-state index contributed by atoms with van der Waals surface area (Å²) in [5.41, 5.74) is 1.27. The third kappa shape index (κ3) is 4.22. The van der Waals surface area contributed by atoms with E-state index in [1.54, 1.807) is 36.4 Å². The third-order valence-electron chi connectivity index (χ3n) is 3.81. The highest BCUT2D eigenvalue weighted by Gasteiger charge is 2.15. The average Bonchev–Trinajstić information content (AvgIpc) is 3.15. The molecule has 8 heteroatoms. The van der Waals surface area contributed by atoms with Crippen molar-refractivity contribution in [3.8, 4) is 17.6 Å². The summed E-state index contributed by atoms with van der Waals surface area (Å²) in [5, 5.41) is 19.5. The number of fused-ring (bicyclic) bond motifs is 1. The molecule has 0 aliphatic rings. The predicted molar refractivity (Wildman–Crippen MR) is 101 cm³/mol. The lowest BCUT2D eigenvalue weighted by Gasteiger charge is -2.10. The van der Waals surface area contributed by atoms with E-state index < -0.39 is 18.3 Å². The molecule has 1 heterocycles. The second-order valence-corrected chi connectivity index (χ2v) is 5.64. The molecule has 0 amide bonds. The van der Waals surface area contributed by atoms with E-state index in [4.69, 9.17) is 14.2 Å². The first-order valence-electron chi connectivity index (χ1n) is 8.31. The second kappa shape index (κ2) is 8.60. The Balaban J connectivity index is 1.63. The van der Waals surface area contributed by atoms with Crippen LogP contribution < -0.4 is 9.47 Å². The zero-order valence-electron chi connectivity index (χ0n) is 15.0. The van der Waals surface area contributed by atoms with Gasteiger partial charge in [0.1, 0.15) is 18.2 Å². The van der Waals surface area contributed by atoms with Crippen LogP contribution in [0.5, 0.6) is 11.5 Å². The van der Waals surface area contributed by atoms with Gasteiger partial charge in [-0.2, -0.15) is 5.26 Å². The highest BCUT2D eigenvalue weighted by Crippen LogP contribution is 2.25. The number of methoxy groups -OCH3 is 1. The molecule has 0 bridgehead atoms. The summed E-state index contributed by atoms with van der Waals surface area (Å²) >= 11 is 0. The topological polar surface area (TPSA) is 117 Å². The van der Waals surface area contributed by atoms with Crippen LogP contribution >= 0.6 is 0 Å². The number of esters is 1. The molecular formula is C20H17N3O5. The largest absolute Gasteiger partial charge is 0.507 e. The fraction of sp³-hybridized carbons (Fsp3) is 0.150. The lowest BCUT2D eigenvalue weighted by Crippen LogP contribution is -2.17. The van der Waals surface area contributed by atoms with Gasteiger partial charge >= 0.3 is 5.97 Å². The van der Waals surface area contributed by atoms with Gasteiger partial charge in [0.25, 0.3) is 0 Å². The molecule has 0 spiro atoms. The van der Waals surface area contributed by atoms with Gasteiger partial charge in [-0.15, -0.1) is 0 Å². The van der Waals surface area contributed by atoms with Crippen LogP contribution in [0, 0.1) is 11.3 Å². The number of carbonyl (C=O) groups excluding carboxylic acids is 1. The SMILES string of the molecule is COc1ccccc1OCC(=O)OC/C(O)=C(\C#N)c1nc2ccccc2[nH]1. The summed E-state index contributed by atoms with van der Waals surface area (Å²) in [5.74, 6) is -0.0505. The summed E-state index contributed by atoms with van der Waals surface area (Å²) < 4.78 is 15.4. The smallest absolute Gasteiger partial charge is 0.344 e. The Hall–Kier alpha value is -3.99. The first kappa shape index (κ1) is 18.8. The number of allylic oxidation sites excluding steroid dienone is 1. The van der Waals surface area contributed by atoms with E-state index in [0.29, 0.717) is 17.0 Å². The van der Waals surface area contributed by atoms with Crippen LogP contribution in [0.1, 0.15) is 5.82 Å². The van der Waals surface area contributed by atoms with Crippen LogP contribution in [0.15, 0.2) is 54.3 Å². The molecule has 0 unspecified atom stereocenters. The van der Waals surface area contributed by atoms with Gasteiger partial charge in [0, 0.05) is 0 Å². The molecule has 3 aromatic rings. The van der Waals surface area contributed by atoms with Gasteiger partial charge in [0.15, 0.2) is 29.7 Å². The molecule has 2 N–H and O–H groups in total. The number of aromatic amines is 1. The Bertz CT molecular complexity index is 1030. The number of ether oxygens (including phenoxy) is 3. The maximum atomic E-state index is 11.9. The molecule has 0 fully saturated rings. The number of hydrogen-bond donors (Lipinski definition) is 2. The minimum Gasteiger partial charge on any atom is -0.507 e. The van der Waals surface area contributed by atoms with Crippen molar-refractivity contribution in [1.29, 1.82) is 5.26 Å². The molecule has 0 saturated carbocycles. The van der Waals surface area contributed by atoms with Gasteiger partial charge in [-0.25, -0.2) is 9.78 Å². The number of rotatable bonds is 7. The second-order valence-electron chi connectivity index (χ2n) is 5.64. The maximum absolute atomic E-state index is 11.9. The number of carbonyl (C=O) groups is 1. The zero-order chi connectivity index (χ0) is 19.9. The Labute approximate surface area is 160 Å². The van der Waals surface area contributed by atoms with E-state index in [0.717, 1.165) is 5.52 Å². The summed E-state index contributed by atoms with van der Waals surface area (Å²) in [4.78, 5) is 19.1. The van der Waals surface area contributed by atoms with Crippen LogP contribution in [-0.4, -0.2) is 41.4 Å². The molecule has 28 heavy (non-hydrogen) atoms. The van der Waals surface area contributed by atoms with Crippen molar-refractivity contribution in [3.05, 3.63) is 60.1 Å². The first-order chi connectivity index (χ1) is 13.6. The normalized spacial score (nSPS) is 11.4.